The van der Waals surface area contributed by atoms with E-state index < -0.39 is 0 Å². The molecule has 4 N–H and O–H groups in total. The summed E-state index contributed by atoms with van der Waals surface area (Å²) in [6, 6.07) is 0. The summed E-state index contributed by atoms with van der Waals surface area (Å²) in [5, 5.41) is 7.01. The molecule has 0 aliphatic heterocycles. The van der Waals surface area contributed by atoms with Gasteiger partial charge in [0.2, 0.25) is 5.89 Å². The molecule has 0 saturated heterocycles. The number of nitrogens with zero attached hydrogens (tertiary/aromatic N) is 4. The van der Waals surface area contributed by atoms with E-state index in [-0.39, 0.29) is 5.92 Å². The van der Waals surface area contributed by atoms with Gasteiger partial charge in [-0.15, -0.1) is 0 Å². The Kier molecular flexibility index (Phi) is 4.14. The predicted molar refractivity (Wildman–Crippen MR) is 75.0 cm³/mol. The summed E-state index contributed by atoms with van der Waals surface area (Å²) in [5.74, 6) is 8.84. The molecule has 108 valence electrons. The molecule has 0 radical (unpaired) electrons. The first-order valence-corrected chi connectivity index (χ1v) is 6.39. The molecule has 0 saturated carbocycles. The number of aromatic nitrogens is 4. The Morgan fingerprint density at radius 3 is 2.40 bits per heavy atom. The normalized spacial score (nSPS) is 10.9. The molecule has 0 atom stereocenters. The SMILES string of the molecule is Cc1nc(CNc2nc(C(C)C)nc(NN)c2C)no1. The molecule has 20 heavy (non-hydrogen) atoms. The molecule has 0 aromatic carbocycles. The van der Waals surface area contributed by atoms with Crippen LogP contribution in [0.1, 0.15) is 42.9 Å². The smallest absolute Gasteiger partial charge is 0.223 e. The summed E-state index contributed by atoms with van der Waals surface area (Å²) < 4.78 is 4.92. The first-order chi connectivity index (χ1) is 9.51. The summed E-state index contributed by atoms with van der Waals surface area (Å²) >= 11 is 0. The Morgan fingerprint density at radius 2 is 1.85 bits per heavy atom. The number of rotatable bonds is 5. The van der Waals surface area contributed by atoms with Gasteiger partial charge in [-0.05, 0) is 6.92 Å². The van der Waals surface area contributed by atoms with Crippen LogP contribution in [0.4, 0.5) is 11.6 Å². The van der Waals surface area contributed by atoms with E-state index in [9.17, 15) is 0 Å². The summed E-state index contributed by atoms with van der Waals surface area (Å²) in [4.78, 5) is 13.0. The Morgan fingerprint density at radius 1 is 1.15 bits per heavy atom. The summed E-state index contributed by atoms with van der Waals surface area (Å²) in [6.07, 6.45) is 0. The van der Waals surface area contributed by atoms with Gasteiger partial charge in [0, 0.05) is 18.4 Å². The van der Waals surface area contributed by atoms with Gasteiger partial charge in [-0.2, -0.15) is 4.98 Å². The zero-order chi connectivity index (χ0) is 14.7. The number of nitrogens with one attached hydrogen (secondary N) is 2. The molecule has 2 aromatic rings. The minimum absolute atomic E-state index is 0.204. The standard InChI is InChI=1S/C12H19N7O/c1-6(2)10-16-11(7(3)12(17-10)18-13)14-5-9-15-8(4)20-19-9/h6H,5,13H2,1-4H3,(H2,14,16,17,18). The second-order valence-electron chi connectivity index (χ2n) is 4.79. The van der Waals surface area contributed by atoms with E-state index in [2.05, 4.69) is 30.9 Å². The summed E-state index contributed by atoms with van der Waals surface area (Å²) in [7, 11) is 0. The van der Waals surface area contributed by atoms with Gasteiger partial charge in [-0.3, -0.25) is 0 Å². The highest BCUT2D eigenvalue weighted by Gasteiger charge is 2.13. The molecule has 0 spiro atoms. The second kappa shape index (κ2) is 5.83. The predicted octanol–water partition coefficient (Wildman–Crippen LogP) is 1.50. The van der Waals surface area contributed by atoms with Gasteiger partial charge in [0.15, 0.2) is 5.82 Å². The lowest BCUT2D eigenvalue weighted by Crippen LogP contribution is -2.15. The van der Waals surface area contributed by atoms with Crippen molar-refractivity contribution >= 4 is 11.6 Å². The van der Waals surface area contributed by atoms with Crippen LogP contribution in [0.25, 0.3) is 0 Å². The van der Waals surface area contributed by atoms with Gasteiger partial charge in [-0.25, -0.2) is 15.8 Å². The highest BCUT2D eigenvalue weighted by atomic mass is 16.5. The van der Waals surface area contributed by atoms with Crippen LogP contribution in [0.2, 0.25) is 0 Å². The van der Waals surface area contributed by atoms with Crippen molar-refractivity contribution in [3.8, 4) is 0 Å². The van der Waals surface area contributed by atoms with E-state index in [4.69, 9.17) is 10.4 Å². The van der Waals surface area contributed by atoms with Crippen molar-refractivity contribution in [3.05, 3.63) is 23.1 Å². The topological polar surface area (TPSA) is 115 Å². The average Bonchev–Trinajstić information content (AvgIpc) is 2.83. The van der Waals surface area contributed by atoms with Crippen molar-refractivity contribution in [3.63, 3.8) is 0 Å². The van der Waals surface area contributed by atoms with Crippen LogP contribution < -0.4 is 16.6 Å². The Balaban J connectivity index is 2.23. The minimum atomic E-state index is 0.204. The zero-order valence-electron chi connectivity index (χ0n) is 12.1. The number of aryl methyl sites for hydroxylation is 1. The third-order valence-electron chi connectivity index (χ3n) is 2.80. The van der Waals surface area contributed by atoms with Gasteiger partial charge in [-0.1, -0.05) is 19.0 Å². The van der Waals surface area contributed by atoms with Crippen LogP contribution >= 0.6 is 0 Å². The van der Waals surface area contributed by atoms with Crippen LogP contribution in [0, 0.1) is 13.8 Å². The van der Waals surface area contributed by atoms with Crippen molar-refractivity contribution in [2.45, 2.75) is 40.2 Å². The lowest BCUT2D eigenvalue weighted by Gasteiger charge is -2.14. The Labute approximate surface area is 117 Å². The maximum absolute atomic E-state index is 5.49. The fraction of sp³-hybridized carbons (Fsp3) is 0.500. The molecule has 0 fully saturated rings. The van der Waals surface area contributed by atoms with Crippen molar-refractivity contribution < 1.29 is 4.52 Å². The Hall–Kier alpha value is -2.22. The maximum Gasteiger partial charge on any atom is 0.223 e. The monoisotopic (exact) mass is 277 g/mol. The largest absolute Gasteiger partial charge is 0.362 e. The van der Waals surface area contributed by atoms with E-state index in [0.29, 0.717) is 29.9 Å². The molecule has 8 nitrogen and oxygen atoms in total. The number of anilines is 2. The van der Waals surface area contributed by atoms with Crippen molar-refractivity contribution in [2.24, 2.45) is 5.84 Å². The van der Waals surface area contributed by atoms with E-state index >= 15 is 0 Å². The zero-order valence-corrected chi connectivity index (χ0v) is 12.1. The number of hydrogen-bond acceptors (Lipinski definition) is 8. The fourth-order valence-corrected chi connectivity index (χ4v) is 1.68. The van der Waals surface area contributed by atoms with E-state index in [1.807, 2.05) is 20.8 Å². The highest BCUT2D eigenvalue weighted by molar-refractivity contribution is 5.56. The molecular weight excluding hydrogens is 258 g/mol. The number of nitrogen functional groups attached to an aromatic ring is 1. The van der Waals surface area contributed by atoms with Crippen LogP contribution in [0.5, 0.6) is 0 Å². The van der Waals surface area contributed by atoms with E-state index in [1.54, 1.807) is 6.92 Å². The fourth-order valence-electron chi connectivity index (χ4n) is 1.68. The minimum Gasteiger partial charge on any atom is -0.362 e. The quantitative estimate of drug-likeness (QED) is 0.556. The van der Waals surface area contributed by atoms with Gasteiger partial charge in [0.1, 0.15) is 17.5 Å². The third-order valence-corrected chi connectivity index (χ3v) is 2.80. The highest BCUT2D eigenvalue weighted by Crippen LogP contribution is 2.22. The number of hydrogen-bond donors (Lipinski definition) is 3. The van der Waals surface area contributed by atoms with Crippen LogP contribution in [-0.2, 0) is 6.54 Å². The molecule has 0 aliphatic carbocycles. The van der Waals surface area contributed by atoms with Crippen molar-refractivity contribution in [1.29, 1.82) is 0 Å². The average molecular weight is 277 g/mol. The molecule has 0 unspecified atom stereocenters. The van der Waals surface area contributed by atoms with Crippen LogP contribution in [0.15, 0.2) is 4.52 Å². The van der Waals surface area contributed by atoms with E-state index in [1.165, 1.54) is 0 Å². The molecule has 0 bridgehead atoms. The summed E-state index contributed by atoms with van der Waals surface area (Å²) in [5.41, 5.74) is 3.44. The van der Waals surface area contributed by atoms with E-state index in [0.717, 1.165) is 11.4 Å². The van der Waals surface area contributed by atoms with Crippen molar-refractivity contribution in [1.82, 2.24) is 20.1 Å². The molecule has 0 aliphatic rings. The second-order valence-corrected chi connectivity index (χ2v) is 4.79. The van der Waals surface area contributed by atoms with Gasteiger partial charge >= 0.3 is 0 Å². The van der Waals surface area contributed by atoms with Gasteiger partial charge in [0.25, 0.3) is 0 Å². The number of nitrogens with two attached hydrogens (primary N) is 1. The van der Waals surface area contributed by atoms with Crippen molar-refractivity contribution in [2.75, 3.05) is 10.7 Å². The first-order valence-electron chi connectivity index (χ1n) is 6.39. The first kappa shape index (κ1) is 14.2. The van der Waals surface area contributed by atoms with Crippen LogP contribution in [-0.4, -0.2) is 20.1 Å². The van der Waals surface area contributed by atoms with Gasteiger partial charge in [0.05, 0.1) is 6.54 Å². The molecule has 2 rings (SSSR count). The van der Waals surface area contributed by atoms with Gasteiger partial charge < -0.3 is 15.3 Å². The molecule has 8 heteroatoms. The Bertz CT molecular complexity index is 593. The molecular formula is C12H19N7O. The number of hydrazine groups is 1. The lowest BCUT2D eigenvalue weighted by molar-refractivity contribution is 0.388. The lowest BCUT2D eigenvalue weighted by atomic mass is 10.2. The maximum atomic E-state index is 5.49. The van der Waals surface area contributed by atoms with Crippen LogP contribution in [0.3, 0.4) is 0 Å². The summed E-state index contributed by atoms with van der Waals surface area (Å²) in [6.45, 7) is 8.12. The third kappa shape index (κ3) is 3.02. The molecule has 0 amide bonds. The molecule has 2 aromatic heterocycles. The molecule has 2 heterocycles.